The summed E-state index contributed by atoms with van der Waals surface area (Å²) in [7, 11) is 0. The van der Waals surface area contributed by atoms with Gasteiger partial charge in [0.25, 0.3) is 5.91 Å². The van der Waals surface area contributed by atoms with Gasteiger partial charge in [0.15, 0.2) is 0 Å². The molecule has 0 unspecified atom stereocenters. The molecular weight excluding hydrogens is 329 g/mol. The highest BCUT2D eigenvalue weighted by Gasteiger charge is 2.30. The largest absolute Gasteiger partial charge is 0.416 e. The summed E-state index contributed by atoms with van der Waals surface area (Å²) in [4.78, 5) is 23.6. The third kappa shape index (κ3) is 4.51. The summed E-state index contributed by atoms with van der Waals surface area (Å²) in [6, 6.07) is 3.76. The van der Waals surface area contributed by atoms with E-state index in [1.165, 1.54) is 12.1 Å². The quantitative estimate of drug-likeness (QED) is 0.869. The molecule has 11 heteroatoms. The van der Waals surface area contributed by atoms with E-state index >= 15 is 0 Å². The Kier molecular flexibility index (Phi) is 5.11. The van der Waals surface area contributed by atoms with Gasteiger partial charge in [-0.2, -0.15) is 18.0 Å². The second-order valence-corrected chi connectivity index (χ2v) is 4.63. The van der Waals surface area contributed by atoms with Crippen molar-refractivity contribution in [2.75, 3.05) is 6.54 Å². The monoisotopic (exact) mass is 342 g/mol. The molecule has 1 heterocycles. The van der Waals surface area contributed by atoms with Crippen LogP contribution in [-0.2, 0) is 17.5 Å². The lowest BCUT2D eigenvalue weighted by Crippen LogP contribution is -2.41. The van der Waals surface area contributed by atoms with E-state index in [1.807, 2.05) is 5.32 Å². The molecule has 0 atom stereocenters. The Labute approximate surface area is 134 Å². The standard InChI is InChI=1S/C13H13F3N6O2/c1-2-17-12(24)18-10(23)7-22-20-11(19-21-22)8-4-3-5-9(6-8)13(14,15)16/h3-6H,2,7H2,1H3,(H2,17,18,23,24). The number of imide groups is 1. The minimum absolute atomic E-state index is 0.0630. The molecule has 0 saturated heterocycles. The van der Waals surface area contributed by atoms with E-state index in [-0.39, 0.29) is 11.4 Å². The number of hydrogen-bond acceptors (Lipinski definition) is 5. The van der Waals surface area contributed by atoms with Gasteiger partial charge in [-0.1, -0.05) is 12.1 Å². The number of halogens is 3. The molecule has 0 aliphatic rings. The molecule has 2 rings (SSSR count). The van der Waals surface area contributed by atoms with Crippen molar-refractivity contribution in [3.8, 4) is 11.4 Å². The van der Waals surface area contributed by atoms with Crippen LogP contribution in [0.5, 0.6) is 0 Å². The number of carbonyl (C=O) groups is 2. The van der Waals surface area contributed by atoms with Crippen LogP contribution in [-0.4, -0.2) is 38.7 Å². The fraction of sp³-hybridized carbons (Fsp3) is 0.308. The van der Waals surface area contributed by atoms with E-state index < -0.39 is 30.2 Å². The number of hydrogen-bond donors (Lipinski definition) is 2. The topological polar surface area (TPSA) is 102 Å². The van der Waals surface area contributed by atoms with Crippen molar-refractivity contribution >= 4 is 11.9 Å². The van der Waals surface area contributed by atoms with E-state index in [1.54, 1.807) is 6.92 Å². The summed E-state index contributed by atoms with van der Waals surface area (Å²) in [5, 5.41) is 15.4. The highest BCUT2D eigenvalue weighted by Crippen LogP contribution is 2.31. The van der Waals surface area contributed by atoms with Crippen molar-refractivity contribution in [2.45, 2.75) is 19.6 Å². The van der Waals surface area contributed by atoms with Crippen LogP contribution in [0.3, 0.4) is 0 Å². The summed E-state index contributed by atoms with van der Waals surface area (Å²) in [5.74, 6) is -0.749. The summed E-state index contributed by atoms with van der Waals surface area (Å²) < 4.78 is 38.1. The lowest BCUT2D eigenvalue weighted by Gasteiger charge is -2.06. The molecule has 0 spiro atoms. The highest BCUT2D eigenvalue weighted by atomic mass is 19.4. The van der Waals surface area contributed by atoms with Gasteiger partial charge in [0.2, 0.25) is 5.82 Å². The number of carbonyl (C=O) groups excluding carboxylic acids is 2. The number of nitrogens with one attached hydrogen (secondary N) is 2. The van der Waals surface area contributed by atoms with Gasteiger partial charge in [-0.05, 0) is 24.3 Å². The molecule has 0 bridgehead atoms. The van der Waals surface area contributed by atoms with Gasteiger partial charge in [-0.3, -0.25) is 10.1 Å². The van der Waals surface area contributed by atoms with E-state index in [0.29, 0.717) is 6.54 Å². The van der Waals surface area contributed by atoms with Crippen LogP contribution in [0, 0.1) is 0 Å². The maximum absolute atomic E-state index is 12.7. The fourth-order valence-corrected chi connectivity index (χ4v) is 1.76. The van der Waals surface area contributed by atoms with Crippen molar-refractivity contribution < 1.29 is 22.8 Å². The average molecular weight is 342 g/mol. The predicted octanol–water partition coefficient (Wildman–Crippen LogP) is 1.20. The molecule has 8 nitrogen and oxygen atoms in total. The van der Waals surface area contributed by atoms with Crippen molar-refractivity contribution in [2.24, 2.45) is 0 Å². The van der Waals surface area contributed by atoms with E-state index in [4.69, 9.17) is 0 Å². The van der Waals surface area contributed by atoms with Crippen molar-refractivity contribution in [3.05, 3.63) is 29.8 Å². The van der Waals surface area contributed by atoms with Crippen LogP contribution in [0.25, 0.3) is 11.4 Å². The number of nitrogens with zero attached hydrogens (tertiary/aromatic N) is 4. The molecule has 2 N–H and O–H groups in total. The second kappa shape index (κ2) is 7.06. The Balaban J connectivity index is 2.08. The molecule has 0 aliphatic heterocycles. The number of alkyl halides is 3. The molecule has 0 fully saturated rings. The summed E-state index contributed by atoms with van der Waals surface area (Å²) >= 11 is 0. The zero-order valence-corrected chi connectivity index (χ0v) is 12.5. The van der Waals surface area contributed by atoms with E-state index in [2.05, 4.69) is 20.7 Å². The first-order chi connectivity index (χ1) is 11.3. The minimum atomic E-state index is -4.49. The molecule has 0 aliphatic carbocycles. The number of tetrazole rings is 1. The Morgan fingerprint density at radius 1 is 1.29 bits per heavy atom. The van der Waals surface area contributed by atoms with Gasteiger partial charge in [-0.25, -0.2) is 4.79 Å². The van der Waals surface area contributed by atoms with Crippen molar-refractivity contribution in [1.29, 1.82) is 0 Å². The van der Waals surface area contributed by atoms with Crippen LogP contribution >= 0.6 is 0 Å². The molecular formula is C13H13F3N6O2. The maximum Gasteiger partial charge on any atom is 0.416 e. The zero-order chi connectivity index (χ0) is 17.7. The van der Waals surface area contributed by atoms with E-state index in [9.17, 15) is 22.8 Å². The average Bonchev–Trinajstić information content (AvgIpc) is 2.95. The second-order valence-electron chi connectivity index (χ2n) is 4.63. The molecule has 2 aromatic rings. The van der Waals surface area contributed by atoms with Gasteiger partial charge >= 0.3 is 12.2 Å². The summed E-state index contributed by atoms with van der Waals surface area (Å²) in [6.45, 7) is 1.63. The minimum Gasteiger partial charge on any atom is -0.338 e. The van der Waals surface area contributed by atoms with Crippen LogP contribution < -0.4 is 10.6 Å². The van der Waals surface area contributed by atoms with Gasteiger partial charge in [0.1, 0.15) is 6.54 Å². The molecule has 0 saturated carbocycles. The number of aromatic nitrogens is 4. The SMILES string of the molecule is CCNC(=O)NC(=O)Cn1nnc(-c2cccc(C(F)(F)F)c2)n1. The molecule has 128 valence electrons. The van der Waals surface area contributed by atoms with Gasteiger partial charge in [0, 0.05) is 12.1 Å². The molecule has 24 heavy (non-hydrogen) atoms. The number of rotatable bonds is 4. The van der Waals surface area contributed by atoms with Crippen molar-refractivity contribution in [3.63, 3.8) is 0 Å². The Bertz CT molecular complexity index is 743. The zero-order valence-electron chi connectivity index (χ0n) is 12.5. The maximum atomic E-state index is 12.7. The molecule has 1 aromatic carbocycles. The van der Waals surface area contributed by atoms with Crippen LogP contribution in [0.4, 0.5) is 18.0 Å². The smallest absolute Gasteiger partial charge is 0.338 e. The fourth-order valence-electron chi connectivity index (χ4n) is 1.76. The Morgan fingerprint density at radius 3 is 2.71 bits per heavy atom. The van der Waals surface area contributed by atoms with Crippen molar-refractivity contribution in [1.82, 2.24) is 30.8 Å². The van der Waals surface area contributed by atoms with Gasteiger partial charge in [0.05, 0.1) is 5.56 Å². The first kappa shape index (κ1) is 17.4. The highest BCUT2D eigenvalue weighted by molar-refractivity contribution is 5.94. The Hall–Kier alpha value is -2.98. The number of amides is 3. The van der Waals surface area contributed by atoms with Crippen LogP contribution in [0.15, 0.2) is 24.3 Å². The molecule has 1 aromatic heterocycles. The first-order valence-electron chi connectivity index (χ1n) is 6.82. The first-order valence-corrected chi connectivity index (χ1v) is 6.82. The van der Waals surface area contributed by atoms with E-state index in [0.717, 1.165) is 16.9 Å². The van der Waals surface area contributed by atoms with Gasteiger partial charge < -0.3 is 5.32 Å². The predicted molar refractivity (Wildman–Crippen MR) is 75.5 cm³/mol. The Morgan fingerprint density at radius 2 is 2.04 bits per heavy atom. The lowest BCUT2D eigenvalue weighted by molar-refractivity contribution is -0.137. The lowest BCUT2D eigenvalue weighted by atomic mass is 10.1. The molecule has 0 radical (unpaired) electrons. The molecule has 3 amide bonds. The van der Waals surface area contributed by atoms with Crippen LogP contribution in [0.1, 0.15) is 12.5 Å². The third-order valence-corrected chi connectivity index (χ3v) is 2.78. The summed E-state index contributed by atoms with van der Waals surface area (Å²) in [5.41, 5.74) is -0.731. The summed E-state index contributed by atoms with van der Waals surface area (Å²) in [6.07, 6.45) is -4.49. The number of benzene rings is 1. The third-order valence-electron chi connectivity index (χ3n) is 2.78. The van der Waals surface area contributed by atoms with Gasteiger partial charge in [-0.15, -0.1) is 10.2 Å². The normalized spacial score (nSPS) is 11.2. The van der Waals surface area contributed by atoms with Crippen LogP contribution in [0.2, 0.25) is 0 Å². The number of urea groups is 1.